The van der Waals surface area contributed by atoms with Crippen LogP contribution in [0.2, 0.25) is 0 Å². The first-order chi connectivity index (χ1) is 11.6. The molecule has 2 saturated heterocycles. The SMILES string of the molecule is CCNC(=NCC1CN(CC(C)C)CCO1)N1CCSC(CC)C1. The quantitative estimate of drug-likeness (QED) is 0.583. The molecule has 1 N–H and O–H groups in total. The average molecular weight is 357 g/mol. The maximum Gasteiger partial charge on any atom is 0.194 e. The van der Waals surface area contributed by atoms with Crippen molar-refractivity contribution in [1.82, 2.24) is 15.1 Å². The first kappa shape index (κ1) is 19.9. The lowest BCUT2D eigenvalue weighted by molar-refractivity contribution is -0.0262. The van der Waals surface area contributed by atoms with E-state index in [9.17, 15) is 0 Å². The van der Waals surface area contributed by atoms with Gasteiger partial charge in [0, 0.05) is 50.3 Å². The largest absolute Gasteiger partial charge is 0.374 e. The summed E-state index contributed by atoms with van der Waals surface area (Å²) >= 11 is 2.10. The Morgan fingerprint density at radius 1 is 1.29 bits per heavy atom. The number of guanidine groups is 1. The zero-order valence-corrected chi connectivity index (χ0v) is 16.8. The van der Waals surface area contributed by atoms with Crippen LogP contribution in [-0.2, 0) is 4.74 Å². The van der Waals surface area contributed by atoms with Crippen LogP contribution in [0.25, 0.3) is 0 Å². The van der Waals surface area contributed by atoms with Crippen molar-refractivity contribution in [3.63, 3.8) is 0 Å². The van der Waals surface area contributed by atoms with Crippen LogP contribution in [0.4, 0.5) is 0 Å². The molecule has 2 unspecified atom stereocenters. The maximum atomic E-state index is 5.95. The number of ether oxygens (including phenoxy) is 1. The molecule has 140 valence electrons. The van der Waals surface area contributed by atoms with Crippen LogP contribution in [0, 0.1) is 5.92 Å². The lowest BCUT2D eigenvalue weighted by Crippen LogP contribution is -2.49. The minimum Gasteiger partial charge on any atom is -0.374 e. The van der Waals surface area contributed by atoms with E-state index < -0.39 is 0 Å². The molecule has 0 aromatic heterocycles. The average Bonchev–Trinajstić information content (AvgIpc) is 2.58. The Morgan fingerprint density at radius 2 is 2.12 bits per heavy atom. The summed E-state index contributed by atoms with van der Waals surface area (Å²) in [7, 11) is 0. The number of hydrogen-bond acceptors (Lipinski definition) is 4. The molecule has 0 bridgehead atoms. The second-order valence-electron chi connectivity index (χ2n) is 7.19. The highest BCUT2D eigenvalue weighted by atomic mass is 32.2. The van der Waals surface area contributed by atoms with Gasteiger partial charge in [0.2, 0.25) is 0 Å². The molecule has 2 aliphatic rings. The van der Waals surface area contributed by atoms with Crippen molar-refractivity contribution >= 4 is 17.7 Å². The van der Waals surface area contributed by atoms with Gasteiger partial charge in [0.15, 0.2) is 5.96 Å². The highest BCUT2D eigenvalue weighted by Gasteiger charge is 2.23. The van der Waals surface area contributed by atoms with Crippen LogP contribution >= 0.6 is 11.8 Å². The molecule has 2 rings (SSSR count). The molecule has 2 aliphatic heterocycles. The van der Waals surface area contributed by atoms with Gasteiger partial charge in [-0.25, -0.2) is 0 Å². The van der Waals surface area contributed by atoms with Crippen LogP contribution in [0.15, 0.2) is 4.99 Å². The lowest BCUT2D eigenvalue weighted by Gasteiger charge is -2.35. The summed E-state index contributed by atoms with van der Waals surface area (Å²) in [6, 6.07) is 0. The van der Waals surface area contributed by atoms with Crippen LogP contribution in [0.3, 0.4) is 0 Å². The zero-order chi connectivity index (χ0) is 17.4. The summed E-state index contributed by atoms with van der Waals surface area (Å²) < 4.78 is 5.95. The molecule has 0 spiro atoms. The number of thioether (sulfide) groups is 1. The number of nitrogens with zero attached hydrogens (tertiary/aromatic N) is 3. The number of rotatable bonds is 6. The molecule has 0 aromatic rings. The van der Waals surface area contributed by atoms with Crippen LogP contribution in [0.1, 0.15) is 34.1 Å². The zero-order valence-electron chi connectivity index (χ0n) is 16.0. The van der Waals surface area contributed by atoms with Gasteiger partial charge in [-0.05, 0) is 19.3 Å². The van der Waals surface area contributed by atoms with Gasteiger partial charge in [0.05, 0.1) is 19.3 Å². The van der Waals surface area contributed by atoms with E-state index in [2.05, 4.69) is 54.6 Å². The first-order valence-electron chi connectivity index (χ1n) is 9.61. The number of aliphatic imine (C=N–C) groups is 1. The van der Waals surface area contributed by atoms with Gasteiger partial charge in [-0.3, -0.25) is 9.89 Å². The Kier molecular flexibility index (Phi) is 8.70. The van der Waals surface area contributed by atoms with E-state index in [1.165, 1.54) is 12.2 Å². The topological polar surface area (TPSA) is 40.1 Å². The summed E-state index contributed by atoms with van der Waals surface area (Å²) in [5.41, 5.74) is 0. The summed E-state index contributed by atoms with van der Waals surface area (Å²) in [6.45, 7) is 16.9. The third-order valence-corrected chi connectivity index (χ3v) is 5.89. The summed E-state index contributed by atoms with van der Waals surface area (Å²) in [5, 5.41) is 4.21. The summed E-state index contributed by atoms with van der Waals surface area (Å²) in [4.78, 5) is 9.87. The van der Waals surface area contributed by atoms with Gasteiger partial charge in [0.25, 0.3) is 0 Å². The monoisotopic (exact) mass is 356 g/mol. The van der Waals surface area contributed by atoms with Crippen molar-refractivity contribution < 1.29 is 4.74 Å². The van der Waals surface area contributed by atoms with E-state index in [-0.39, 0.29) is 6.10 Å². The standard InChI is InChI=1S/C18H36N4OS/c1-5-17-14-22(8-10-24-17)18(19-6-2)20-11-16-13-21(7-9-23-16)12-15(3)4/h15-17H,5-14H2,1-4H3,(H,19,20). The highest BCUT2D eigenvalue weighted by Crippen LogP contribution is 2.21. The minimum absolute atomic E-state index is 0.229. The fourth-order valence-electron chi connectivity index (χ4n) is 3.35. The molecule has 0 aromatic carbocycles. The summed E-state index contributed by atoms with van der Waals surface area (Å²) in [5.74, 6) is 2.98. The Balaban J connectivity index is 1.90. The Hall–Kier alpha value is -0.460. The van der Waals surface area contributed by atoms with E-state index in [4.69, 9.17) is 9.73 Å². The molecular weight excluding hydrogens is 320 g/mol. The third kappa shape index (κ3) is 6.45. The lowest BCUT2D eigenvalue weighted by atomic mass is 10.2. The molecule has 0 aliphatic carbocycles. The Bertz CT molecular complexity index is 391. The smallest absolute Gasteiger partial charge is 0.194 e. The Morgan fingerprint density at radius 3 is 2.83 bits per heavy atom. The molecule has 2 atom stereocenters. The van der Waals surface area contributed by atoms with Crippen molar-refractivity contribution in [2.75, 3.05) is 58.2 Å². The second kappa shape index (κ2) is 10.5. The van der Waals surface area contributed by atoms with Crippen LogP contribution in [-0.4, -0.2) is 85.3 Å². The molecule has 2 heterocycles. The molecule has 24 heavy (non-hydrogen) atoms. The van der Waals surface area contributed by atoms with Gasteiger partial charge >= 0.3 is 0 Å². The van der Waals surface area contributed by atoms with Crippen molar-refractivity contribution in [3.8, 4) is 0 Å². The van der Waals surface area contributed by atoms with Gasteiger partial charge in [-0.15, -0.1) is 0 Å². The predicted molar refractivity (Wildman–Crippen MR) is 105 cm³/mol. The van der Waals surface area contributed by atoms with E-state index in [1.54, 1.807) is 0 Å². The third-order valence-electron chi connectivity index (χ3n) is 4.52. The molecular formula is C18H36N4OS. The fraction of sp³-hybridized carbons (Fsp3) is 0.944. The van der Waals surface area contributed by atoms with Crippen molar-refractivity contribution in [2.45, 2.75) is 45.5 Å². The molecule has 5 nitrogen and oxygen atoms in total. The normalized spacial score (nSPS) is 26.9. The van der Waals surface area contributed by atoms with E-state index in [1.807, 2.05) is 0 Å². The van der Waals surface area contributed by atoms with Gasteiger partial charge in [-0.2, -0.15) is 11.8 Å². The van der Waals surface area contributed by atoms with Crippen molar-refractivity contribution in [3.05, 3.63) is 0 Å². The number of hydrogen-bond donors (Lipinski definition) is 1. The van der Waals surface area contributed by atoms with Gasteiger partial charge in [0.1, 0.15) is 0 Å². The predicted octanol–water partition coefficient (Wildman–Crippen LogP) is 2.14. The molecule has 6 heteroatoms. The highest BCUT2D eigenvalue weighted by molar-refractivity contribution is 8.00. The summed E-state index contributed by atoms with van der Waals surface area (Å²) in [6.07, 6.45) is 1.46. The minimum atomic E-state index is 0.229. The Labute approximate surface area is 152 Å². The fourth-order valence-corrected chi connectivity index (χ4v) is 4.53. The molecule has 0 saturated carbocycles. The van der Waals surface area contributed by atoms with E-state index in [0.717, 1.165) is 63.6 Å². The first-order valence-corrected chi connectivity index (χ1v) is 10.7. The molecule has 0 amide bonds. The number of nitrogens with one attached hydrogen (secondary N) is 1. The maximum absolute atomic E-state index is 5.95. The van der Waals surface area contributed by atoms with Crippen molar-refractivity contribution in [1.29, 1.82) is 0 Å². The van der Waals surface area contributed by atoms with Gasteiger partial charge < -0.3 is 15.0 Å². The van der Waals surface area contributed by atoms with Crippen LogP contribution < -0.4 is 5.32 Å². The van der Waals surface area contributed by atoms with Crippen molar-refractivity contribution in [2.24, 2.45) is 10.9 Å². The molecule has 0 radical (unpaired) electrons. The van der Waals surface area contributed by atoms with Gasteiger partial charge in [-0.1, -0.05) is 20.8 Å². The van der Waals surface area contributed by atoms with E-state index in [0.29, 0.717) is 5.92 Å². The number of morpholine rings is 1. The van der Waals surface area contributed by atoms with Crippen LogP contribution in [0.5, 0.6) is 0 Å². The van der Waals surface area contributed by atoms with E-state index >= 15 is 0 Å². The second-order valence-corrected chi connectivity index (χ2v) is 8.60. The molecule has 2 fully saturated rings.